The van der Waals surface area contributed by atoms with Crippen LogP contribution in [0.1, 0.15) is 19.3 Å². The fourth-order valence-electron chi connectivity index (χ4n) is 2.46. The van der Waals surface area contributed by atoms with Crippen molar-refractivity contribution in [2.45, 2.75) is 19.3 Å². The minimum absolute atomic E-state index is 0.0512. The van der Waals surface area contributed by atoms with Gasteiger partial charge in [-0.2, -0.15) is 0 Å². The topological polar surface area (TPSA) is 66.9 Å². The van der Waals surface area contributed by atoms with Crippen molar-refractivity contribution in [3.63, 3.8) is 0 Å². The van der Waals surface area contributed by atoms with E-state index in [9.17, 15) is 13.2 Å². The average Bonchev–Trinajstić information content (AvgIpc) is 2.38. The zero-order valence-electron chi connectivity index (χ0n) is 10.7. The SMILES string of the molecule is CS(=O)(=O)N1CCC(C(=O)N2CCCOC2)CC1. The molecule has 0 saturated carbocycles. The highest BCUT2D eigenvalue weighted by Gasteiger charge is 2.31. The highest BCUT2D eigenvalue weighted by molar-refractivity contribution is 7.88. The number of piperidine rings is 1. The van der Waals surface area contributed by atoms with Gasteiger partial charge in [-0.15, -0.1) is 0 Å². The monoisotopic (exact) mass is 276 g/mol. The minimum Gasteiger partial charge on any atom is -0.361 e. The van der Waals surface area contributed by atoms with E-state index in [1.807, 2.05) is 0 Å². The van der Waals surface area contributed by atoms with Crippen molar-refractivity contribution in [1.29, 1.82) is 0 Å². The summed E-state index contributed by atoms with van der Waals surface area (Å²) < 4.78 is 29.5. The Balaban J connectivity index is 1.87. The van der Waals surface area contributed by atoms with Gasteiger partial charge >= 0.3 is 0 Å². The Labute approximate surface area is 108 Å². The van der Waals surface area contributed by atoms with Crippen LogP contribution in [0.2, 0.25) is 0 Å². The van der Waals surface area contributed by atoms with E-state index < -0.39 is 10.0 Å². The number of carbonyl (C=O) groups is 1. The van der Waals surface area contributed by atoms with E-state index in [1.54, 1.807) is 4.90 Å². The van der Waals surface area contributed by atoms with Crippen molar-refractivity contribution in [3.05, 3.63) is 0 Å². The molecule has 0 aliphatic carbocycles. The van der Waals surface area contributed by atoms with Gasteiger partial charge in [-0.05, 0) is 19.3 Å². The lowest BCUT2D eigenvalue weighted by Crippen LogP contribution is -2.46. The third-order valence-electron chi connectivity index (χ3n) is 3.55. The van der Waals surface area contributed by atoms with E-state index in [0.717, 1.165) is 19.6 Å². The van der Waals surface area contributed by atoms with Crippen LogP contribution >= 0.6 is 0 Å². The fourth-order valence-corrected chi connectivity index (χ4v) is 3.34. The first-order chi connectivity index (χ1) is 8.48. The summed E-state index contributed by atoms with van der Waals surface area (Å²) >= 11 is 0. The van der Waals surface area contributed by atoms with E-state index in [1.165, 1.54) is 10.6 Å². The first-order valence-electron chi connectivity index (χ1n) is 6.30. The second kappa shape index (κ2) is 5.54. The van der Waals surface area contributed by atoms with Crippen molar-refractivity contribution >= 4 is 15.9 Å². The van der Waals surface area contributed by atoms with Gasteiger partial charge in [-0.25, -0.2) is 12.7 Å². The smallest absolute Gasteiger partial charge is 0.227 e. The molecule has 2 aliphatic heterocycles. The first-order valence-corrected chi connectivity index (χ1v) is 8.15. The molecule has 2 saturated heterocycles. The van der Waals surface area contributed by atoms with Gasteiger partial charge in [-0.1, -0.05) is 0 Å². The molecule has 0 spiro atoms. The number of sulfonamides is 1. The van der Waals surface area contributed by atoms with Crippen LogP contribution in [0.3, 0.4) is 0 Å². The first kappa shape index (κ1) is 13.8. The molecule has 0 unspecified atom stereocenters. The number of carbonyl (C=O) groups excluding carboxylic acids is 1. The van der Waals surface area contributed by atoms with E-state index in [2.05, 4.69) is 0 Å². The molecule has 7 heteroatoms. The van der Waals surface area contributed by atoms with Crippen LogP contribution in [0.4, 0.5) is 0 Å². The van der Waals surface area contributed by atoms with Crippen LogP contribution in [-0.2, 0) is 19.6 Å². The number of hydrogen-bond donors (Lipinski definition) is 0. The molecule has 0 aromatic carbocycles. The van der Waals surface area contributed by atoms with Gasteiger partial charge in [0.1, 0.15) is 6.73 Å². The molecular formula is C11H20N2O4S. The number of hydrogen-bond acceptors (Lipinski definition) is 4. The molecule has 0 aromatic heterocycles. The van der Waals surface area contributed by atoms with Crippen LogP contribution < -0.4 is 0 Å². The third kappa shape index (κ3) is 3.21. The van der Waals surface area contributed by atoms with Gasteiger partial charge in [0, 0.05) is 25.6 Å². The van der Waals surface area contributed by atoms with Gasteiger partial charge in [0.25, 0.3) is 0 Å². The maximum Gasteiger partial charge on any atom is 0.227 e. The lowest BCUT2D eigenvalue weighted by atomic mass is 9.96. The van der Waals surface area contributed by atoms with Crippen molar-refractivity contribution in [2.24, 2.45) is 5.92 Å². The average molecular weight is 276 g/mol. The molecule has 1 amide bonds. The van der Waals surface area contributed by atoms with Crippen LogP contribution in [0.5, 0.6) is 0 Å². The number of rotatable bonds is 2. The molecule has 0 bridgehead atoms. The van der Waals surface area contributed by atoms with Gasteiger partial charge in [0.05, 0.1) is 12.9 Å². The van der Waals surface area contributed by atoms with Crippen molar-refractivity contribution in [3.8, 4) is 0 Å². The summed E-state index contributed by atoms with van der Waals surface area (Å²) in [4.78, 5) is 13.9. The summed E-state index contributed by atoms with van der Waals surface area (Å²) in [5.74, 6) is 0.0625. The fraction of sp³-hybridized carbons (Fsp3) is 0.909. The van der Waals surface area contributed by atoms with Crippen molar-refractivity contribution in [2.75, 3.05) is 39.2 Å². The zero-order chi connectivity index (χ0) is 13.2. The molecule has 0 radical (unpaired) electrons. The molecule has 2 rings (SSSR count). The molecule has 2 aliphatic rings. The summed E-state index contributed by atoms with van der Waals surface area (Å²) in [7, 11) is -3.12. The summed E-state index contributed by atoms with van der Waals surface area (Å²) in [6.07, 6.45) is 3.33. The zero-order valence-corrected chi connectivity index (χ0v) is 11.5. The largest absolute Gasteiger partial charge is 0.361 e. The highest BCUT2D eigenvalue weighted by Crippen LogP contribution is 2.22. The lowest BCUT2D eigenvalue weighted by molar-refractivity contribution is -0.146. The Morgan fingerprint density at radius 2 is 1.89 bits per heavy atom. The van der Waals surface area contributed by atoms with Crippen LogP contribution in [0.25, 0.3) is 0 Å². The molecule has 2 heterocycles. The van der Waals surface area contributed by atoms with Crippen molar-refractivity contribution in [1.82, 2.24) is 9.21 Å². The van der Waals surface area contributed by atoms with E-state index in [-0.39, 0.29) is 11.8 Å². The second-order valence-corrected chi connectivity index (χ2v) is 6.91. The number of ether oxygens (including phenoxy) is 1. The van der Waals surface area contributed by atoms with Gasteiger partial charge in [-0.3, -0.25) is 4.79 Å². The van der Waals surface area contributed by atoms with Crippen LogP contribution in [0, 0.1) is 5.92 Å². The number of amides is 1. The quantitative estimate of drug-likeness (QED) is 0.704. The second-order valence-electron chi connectivity index (χ2n) is 4.93. The summed E-state index contributed by atoms with van der Waals surface area (Å²) in [6, 6.07) is 0. The Bertz CT molecular complexity index is 395. The molecule has 104 valence electrons. The normalized spacial score (nSPS) is 24.2. The predicted octanol–water partition coefficient (Wildman–Crippen LogP) is -0.136. The third-order valence-corrected chi connectivity index (χ3v) is 4.85. The predicted molar refractivity (Wildman–Crippen MR) is 66.3 cm³/mol. The summed E-state index contributed by atoms with van der Waals surface area (Å²) in [6.45, 7) is 2.75. The maximum absolute atomic E-state index is 12.2. The molecule has 2 fully saturated rings. The molecule has 6 nitrogen and oxygen atoms in total. The Morgan fingerprint density at radius 3 is 2.39 bits per heavy atom. The number of nitrogens with zero attached hydrogens (tertiary/aromatic N) is 2. The Kier molecular flexibility index (Phi) is 4.24. The van der Waals surface area contributed by atoms with Gasteiger partial charge in [0.15, 0.2) is 0 Å². The molecule has 0 atom stereocenters. The van der Waals surface area contributed by atoms with Gasteiger partial charge in [0.2, 0.25) is 15.9 Å². The molecule has 0 aromatic rings. The van der Waals surface area contributed by atoms with E-state index in [4.69, 9.17) is 4.74 Å². The standard InChI is InChI=1S/C11H20N2O4S/c1-18(15,16)13-6-3-10(4-7-13)11(14)12-5-2-8-17-9-12/h10H,2-9H2,1H3. The maximum atomic E-state index is 12.2. The minimum atomic E-state index is -3.12. The van der Waals surface area contributed by atoms with Gasteiger partial charge < -0.3 is 9.64 Å². The summed E-state index contributed by atoms with van der Waals surface area (Å²) in [5, 5.41) is 0. The van der Waals surface area contributed by atoms with Crippen LogP contribution in [-0.4, -0.2) is 62.8 Å². The Hall–Kier alpha value is -0.660. The highest BCUT2D eigenvalue weighted by atomic mass is 32.2. The molecule has 18 heavy (non-hydrogen) atoms. The summed E-state index contributed by atoms with van der Waals surface area (Å²) in [5.41, 5.74) is 0. The van der Waals surface area contributed by atoms with E-state index in [0.29, 0.717) is 32.7 Å². The lowest BCUT2D eigenvalue weighted by Gasteiger charge is -2.34. The molecule has 0 N–H and O–H groups in total. The Morgan fingerprint density at radius 1 is 1.22 bits per heavy atom. The van der Waals surface area contributed by atoms with Crippen LogP contribution in [0.15, 0.2) is 0 Å². The van der Waals surface area contributed by atoms with Crippen molar-refractivity contribution < 1.29 is 17.9 Å². The molecular weight excluding hydrogens is 256 g/mol. The van der Waals surface area contributed by atoms with E-state index >= 15 is 0 Å².